The Kier molecular flexibility index (Phi) is 5.70. The largest absolute Gasteiger partial charge is 0.647 e. The van der Waals surface area contributed by atoms with Gasteiger partial charge in [0.15, 0.2) is 34.5 Å². The number of phenolic OH excluding ortho intramolecular Hbond substituents is 3. The summed E-state index contributed by atoms with van der Waals surface area (Å²) in [6, 6.07) is 30.5. The van der Waals surface area contributed by atoms with Gasteiger partial charge in [-0.1, -0.05) is 91.0 Å². The van der Waals surface area contributed by atoms with Crippen molar-refractivity contribution in [1.29, 1.82) is 0 Å². The molecule has 0 heterocycles. The highest BCUT2D eigenvalue weighted by Crippen LogP contribution is 2.57. The monoisotopic (exact) mass is 524 g/mol. The Balaban J connectivity index is 1.54. The fraction of sp³-hybridized carbons (Fsp3) is 0. The van der Waals surface area contributed by atoms with Gasteiger partial charge in [0.1, 0.15) is 0 Å². The summed E-state index contributed by atoms with van der Waals surface area (Å²) < 4.78 is 32.2. The molecule has 0 atom stereocenters. The zero-order valence-corrected chi connectivity index (χ0v) is 20.7. The van der Waals surface area contributed by atoms with Gasteiger partial charge in [0.05, 0.1) is 0 Å². The van der Waals surface area contributed by atoms with E-state index < -0.39 is 7.82 Å². The number of aromatic hydroxyl groups is 3. The molecule has 0 saturated heterocycles. The predicted octanol–water partition coefficient (Wildman–Crippen LogP) is 7.91. The molecule has 0 spiro atoms. The molecule has 0 fully saturated rings. The molecular weight excluding hydrogens is 503 g/mol. The third-order valence-corrected chi connectivity index (χ3v) is 7.40. The maximum atomic E-state index is 14.5. The van der Waals surface area contributed by atoms with Crippen LogP contribution >= 0.6 is 7.82 Å². The van der Waals surface area contributed by atoms with Crippen LogP contribution in [0.2, 0.25) is 0 Å². The second-order valence-electron chi connectivity index (χ2n) is 8.63. The lowest BCUT2D eigenvalue weighted by Crippen LogP contribution is -2.09. The van der Waals surface area contributed by atoms with Crippen molar-refractivity contribution in [3.05, 3.63) is 109 Å². The number of hydrogen-bond acceptors (Lipinski definition) is 7. The van der Waals surface area contributed by atoms with E-state index in [2.05, 4.69) is 0 Å². The number of benzene rings is 6. The van der Waals surface area contributed by atoms with Gasteiger partial charge in [0.25, 0.3) is 0 Å². The summed E-state index contributed by atoms with van der Waals surface area (Å²) in [5, 5.41) is 35.6. The third kappa shape index (κ3) is 4.19. The molecule has 38 heavy (non-hydrogen) atoms. The number of phenols is 3. The van der Waals surface area contributed by atoms with Crippen molar-refractivity contribution in [3.63, 3.8) is 0 Å². The van der Waals surface area contributed by atoms with Crippen LogP contribution in [-0.4, -0.2) is 15.3 Å². The molecule has 0 amide bonds. The van der Waals surface area contributed by atoms with E-state index in [1.165, 1.54) is 18.2 Å². The van der Waals surface area contributed by atoms with Crippen LogP contribution in [0.3, 0.4) is 0 Å². The van der Waals surface area contributed by atoms with E-state index in [0.29, 0.717) is 32.3 Å². The van der Waals surface area contributed by atoms with Gasteiger partial charge in [-0.25, -0.2) is 0 Å². The van der Waals surface area contributed by atoms with Crippen molar-refractivity contribution in [2.75, 3.05) is 0 Å². The molecule has 3 N–H and O–H groups in total. The number of phosphoric acid groups is 1. The minimum atomic E-state index is -4.76. The summed E-state index contributed by atoms with van der Waals surface area (Å²) in [5.41, 5.74) is 0. The molecule has 0 aliphatic carbocycles. The summed E-state index contributed by atoms with van der Waals surface area (Å²) in [6.07, 6.45) is 0. The first-order valence-electron chi connectivity index (χ1n) is 11.7. The highest BCUT2D eigenvalue weighted by Gasteiger charge is 2.38. The predicted molar refractivity (Wildman–Crippen MR) is 146 cm³/mol. The Labute approximate surface area is 217 Å². The van der Waals surface area contributed by atoms with Crippen LogP contribution in [0.1, 0.15) is 0 Å². The van der Waals surface area contributed by atoms with E-state index >= 15 is 0 Å². The number of phosphoric ester groups is 1. The average Bonchev–Trinajstić information content (AvgIpc) is 2.94. The summed E-state index contributed by atoms with van der Waals surface area (Å²) in [4.78, 5) is 0. The van der Waals surface area contributed by atoms with Crippen LogP contribution in [0.4, 0.5) is 0 Å². The van der Waals surface area contributed by atoms with E-state index in [1.54, 1.807) is 72.8 Å². The SMILES string of the molecule is O=P(Oc1c(O)ccc2ccccc12)(Oc1c(O)ccc2ccccc12)Oc1c(O)ccc2ccccc12. The second kappa shape index (κ2) is 9.21. The normalized spacial score (nSPS) is 11.6. The lowest BCUT2D eigenvalue weighted by atomic mass is 10.1. The van der Waals surface area contributed by atoms with E-state index in [9.17, 15) is 19.9 Å². The van der Waals surface area contributed by atoms with Gasteiger partial charge in [-0.15, -0.1) is 0 Å². The van der Waals surface area contributed by atoms with Crippen LogP contribution in [0.25, 0.3) is 32.3 Å². The molecule has 8 heteroatoms. The first kappa shape index (κ1) is 23.5. The van der Waals surface area contributed by atoms with Gasteiger partial charge in [0, 0.05) is 16.2 Å². The average molecular weight is 524 g/mol. The van der Waals surface area contributed by atoms with Gasteiger partial charge >= 0.3 is 7.82 Å². The van der Waals surface area contributed by atoms with Gasteiger partial charge in [-0.3, -0.25) is 0 Å². The lowest BCUT2D eigenvalue weighted by Gasteiger charge is -2.23. The molecule has 188 valence electrons. The number of hydrogen-bond donors (Lipinski definition) is 3. The van der Waals surface area contributed by atoms with Gasteiger partial charge in [-0.2, -0.15) is 4.57 Å². The van der Waals surface area contributed by atoms with Crippen molar-refractivity contribution < 1.29 is 33.5 Å². The van der Waals surface area contributed by atoms with E-state index in [-0.39, 0.29) is 34.5 Å². The smallest absolute Gasteiger partial charge is 0.504 e. The summed E-state index contributed by atoms with van der Waals surface area (Å²) in [6.45, 7) is 0. The molecule has 7 nitrogen and oxygen atoms in total. The van der Waals surface area contributed by atoms with Crippen LogP contribution in [0.5, 0.6) is 34.5 Å². The highest BCUT2D eigenvalue weighted by molar-refractivity contribution is 7.49. The topological polar surface area (TPSA) is 105 Å². The van der Waals surface area contributed by atoms with Gasteiger partial charge in [-0.05, 0) is 34.4 Å². The Morgan fingerprint density at radius 3 is 1.03 bits per heavy atom. The van der Waals surface area contributed by atoms with Crippen molar-refractivity contribution in [2.24, 2.45) is 0 Å². The fourth-order valence-electron chi connectivity index (χ4n) is 4.37. The lowest BCUT2D eigenvalue weighted by molar-refractivity contribution is 0.286. The molecule has 0 saturated carbocycles. The molecule has 0 aliphatic rings. The van der Waals surface area contributed by atoms with E-state index in [1.807, 2.05) is 18.2 Å². The molecule has 0 unspecified atom stereocenters. The first-order chi connectivity index (χ1) is 18.4. The molecule has 0 radical (unpaired) electrons. The zero-order chi connectivity index (χ0) is 26.3. The molecule has 6 aromatic carbocycles. The standard InChI is InChI=1S/C30H21O7P/c31-25-16-13-19-7-1-4-10-22(19)28(25)35-38(34,36-29-23-11-5-2-8-20(23)14-17-26(29)32)37-30-24-12-6-3-9-21(24)15-18-27(30)33/h1-18,31-33H. The summed E-state index contributed by atoms with van der Waals surface area (Å²) in [5.74, 6) is -1.27. The highest BCUT2D eigenvalue weighted by atomic mass is 31.2. The minimum Gasteiger partial charge on any atom is -0.504 e. The number of fused-ring (bicyclic) bond motifs is 3. The Hall–Kier alpha value is -4.87. The molecular formula is C30H21O7P. The van der Waals surface area contributed by atoms with Crippen LogP contribution in [0.15, 0.2) is 109 Å². The van der Waals surface area contributed by atoms with E-state index in [4.69, 9.17) is 13.6 Å². The van der Waals surface area contributed by atoms with Gasteiger partial charge in [0.2, 0.25) is 0 Å². The van der Waals surface area contributed by atoms with Crippen LogP contribution in [-0.2, 0) is 4.57 Å². The first-order valence-corrected chi connectivity index (χ1v) is 13.2. The molecule has 6 aromatic rings. The quantitative estimate of drug-likeness (QED) is 0.190. The van der Waals surface area contributed by atoms with Crippen molar-refractivity contribution in [2.45, 2.75) is 0 Å². The molecule has 0 aromatic heterocycles. The molecule has 6 rings (SSSR count). The fourth-order valence-corrected chi connectivity index (χ4v) is 5.73. The Morgan fingerprint density at radius 1 is 0.421 bits per heavy atom. The van der Waals surface area contributed by atoms with Crippen molar-refractivity contribution in [1.82, 2.24) is 0 Å². The summed E-state index contributed by atoms with van der Waals surface area (Å²) in [7, 11) is -4.76. The second-order valence-corrected chi connectivity index (χ2v) is 10.1. The maximum Gasteiger partial charge on any atom is 0.647 e. The maximum absolute atomic E-state index is 14.5. The van der Waals surface area contributed by atoms with Gasteiger partial charge < -0.3 is 28.9 Å². The van der Waals surface area contributed by atoms with Crippen LogP contribution < -0.4 is 13.6 Å². The summed E-state index contributed by atoms with van der Waals surface area (Å²) >= 11 is 0. The molecule has 0 aliphatic heterocycles. The van der Waals surface area contributed by atoms with E-state index in [0.717, 1.165) is 0 Å². The number of rotatable bonds is 6. The third-order valence-electron chi connectivity index (χ3n) is 6.19. The van der Waals surface area contributed by atoms with Crippen molar-refractivity contribution in [3.8, 4) is 34.5 Å². The molecule has 0 bridgehead atoms. The minimum absolute atomic E-state index is 0.133. The Bertz CT molecular complexity index is 1670. The zero-order valence-electron chi connectivity index (χ0n) is 19.8. The van der Waals surface area contributed by atoms with Crippen LogP contribution in [0, 0.1) is 0 Å². The van der Waals surface area contributed by atoms with Crippen molar-refractivity contribution >= 4 is 40.1 Å². The Morgan fingerprint density at radius 2 is 0.711 bits per heavy atom.